The molecule has 0 aromatic heterocycles. The van der Waals surface area contributed by atoms with Gasteiger partial charge in [0.1, 0.15) is 12.4 Å². The summed E-state index contributed by atoms with van der Waals surface area (Å²) >= 11 is 5.85. The second kappa shape index (κ2) is 10.5. The molecule has 0 aliphatic carbocycles. The first kappa shape index (κ1) is 19.0. The average Bonchev–Trinajstić information content (AvgIpc) is 2.61. The maximum Gasteiger partial charge on any atom is 0.236 e. The highest BCUT2D eigenvalue weighted by molar-refractivity contribution is 6.30. The number of hydrogen-bond donors (Lipinski definition) is 1. The zero-order chi connectivity index (χ0) is 17.2. The second-order valence-corrected chi connectivity index (χ2v) is 6.13. The normalized spacial score (nSPS) is 15.5. The van der Waals surface area contributed by atoms with Crippen molar-refractivity contribution in [3.8, 4) is 5.75 Å². The Morgan fingerprint density at radius 3 is 2.54 bits per heavy atom. The SMILES string of the molecule is COCCNCC(=O)N1CCN(CCOc2ccc(Cl)cc2)CC1. The highest BCUT2D eigenvalue weighted by atomic mass is 35.5. The van der Waals surface area contributed by atoms with Gasteiger partial charge in [-0.25, -0.2) is 0 Å². The first-order valence-electron chi connectivity index (χ1n) is 8.27. The fraction of sp³-hybridized carbons (Fsp3) is 0.588. The first-order chi connectivity index (χ1) is 11.7. The van der Waals surface area contributed by atoms with Crippen molar-refractivity contribution in [3.63, 3.8) is 0 Å². The van der Waals surface area contributed by atoms with E-state index in [0.717, 1.165) is 38.5 Å². The quantitative estimate of drug-likeness (QED) is 0.672. The Bertz CT molecular complexity index is 490. The van der Waals surface area contributed by atoms with E-state index in [1.165, 1.54) is 0 Å². The monoisotopic (exact) mass is 355 g/mol. The summed E-state index contributed by atoms with van der Waals surface area (Å²) in [5, 5.41) is 3.80. The molecule has 24 heavy (non-hydrogen) atoms. The van der Waals surface area contributed by atoms with Crippen LogP contribution in [0.3, 0.4) is 0 Å². The molecule has 7 heteroatoms. The van der Waals surface area contributed by atoms with E-state index < -0.39 is 0 Å². The fourth-order valence-electron chi connectivity index (χ4n) is 2.53. The lowest BCUT2D eigenvalue weighted by atomic mass is 10.3. The number of carbonyl (C=O) groups excluding carboxylic acids is 1. The van der Waals surface area contributed by atoms with Gasteiger partial charge in [0.15, 0.2) is 0 Å². The third-order valence-corrected chi connectivity index (χ3v) is 4.23. The van der Waals surface area contributed by atoms with Gasteiger partial charge in [0.25, 0.3) is 0 Å². The number of nitrogens with one attached hydrogen (secondary N) is 1. The van der Waals surface area contributed by atoms with Crippen molar-refractivity contribution in [2.45, 2.75) is 0 Å². The van der Waals surface area contributed by atoms with Crippen molar-refractivity contribution in [1.82, 2.24) is 15.1 Å². The predicted molar refractivity (Wildman–Crippen MR) is 94.7 cm³/mol. The van der Waals surface area contributed by atoms with Crippen LogP contribution in [0.1, 0.15) is 0 Å². The molecular formula is C17H26ClN3O3. The van der Waals surface area contributed by atoms with Gasteiger partial charge in [-0.05, 0) is 24.3 Å². The summed E-state index contributed by atoms with van der Waals surface area (Å²) in [7, 11) is 1.65. The summed E-state index contributed by atoms with van der Waals surface area (Å²) in [6, 6.07) is 7.38. The number of carbonyl (C=O) groups is 1. The molecule has 134 valence electrons. The molecule has 1 aromatic rings. The van der Waals surface area contributed by atoms with Gasteiger partial charge in [0, 0.05) is 51.4 Å². The van der Waals surface area contributed by atoms with Crippen LogP contribution in [0.25, 0.3) is 0 Å². The van der Waals surface area contributed by atoms with E-state index in [-0.39, 0.29) is 5.91 Å². The molecule has 1 aromatic carbocycles. The third kappa shape index (κ3) is 6.65. The van der Waals surface area contributed by atoms with Gasteiger partial charge in [-0.1, -0.05) is 11.6 Å². The number of rotatable bonds is 9. The molecule has 0 radical (unpaired) electrons. The smallest absolute Gasteiger partial charge is 0.236 e. The number of benzene rings is 1. The molecule has 1 heterocycles. The average molecular weight is 356 g/mol. The minimum absolute atomic E-state index is 0.156. The molecule has 1 saturated heterocycles. The number of nitrogens with zero attached hydrogens (tertiary/aromatic N) is 2. The summed E-state index contributed by atoms with van der Waals surface area (Å²) in [6.45, 7) is 6.49. The number of amides is 1. The Morgan fingerprint density at radius 1 is 1.17 bits per heavy atom. The van der Waals surface area contributed by atoms with Gasteiger partial charge in [-0.15, -0.1) is 0 Å². The number of hydrogen-bond acceptors (Lipinski definition) is 5. The minimum Gasteiger partial charge on any atom is -0.492 e. The van der Waals surface area contributed by atoms with E-state index in [9.17, 15) is 4.79 Å². The molecule has 0 unspecified atom stereocenters. The van der Waals surface area contributed by atoms with Crippen molar-refractivity contribution in [3.05, 3.63) is 29.3 Å². The highest BCUT2D eigenvalue weighted by Gasteiger charge is 2.20. The van der Waals surface area contributed by atoms with Crippen LogP contribution in [-0.2, 0) is 9.53 Å². The Kier molecular flexibility index (Phi) is 8.32. The van der Waals surface area contributed by atoms with Crippen molar-refractivity contribution >= 4 is 17.5 Å². The molecule has 2 rings (SSSR count). The summed E-state index contributed by atoms with van der Waals surface area (Å²) in [5.41, 5.74) is 0. The predicted octanol–water partition coefficient (Wildman–Crippen LogP) is 1.10. The number of halogens is 1. The zero-order valence-electron chi connectivity index (χ0n) is 14.2. The summed E-state index contributed by atoms with van der Waals surface area (Å²) in [5.74, 6) is 0.985. The van der Waals surface area contributed by atoms with Crippen LogP contribution in [0.4, 0.5) is 0 Å². The number of piperazine rings is 1. The van der Waals surface area contributed by atoms with Crippen LogP contribution in [0.5, 0.6) is 5.75 Å². The molecular weight excluding hydrogens is 330 g/mol. The largest absolute Gasteiger partial charge is 0.492 e. The molecule has 1 aliphatic rings. The number of methoxy groups -OCH3 is 1. The van der Waals surface area contributed by atoms with E-state index in [1.807, 2.05) is 29.2 Å². The van der Waals surface area contributed by atoms with Crippen LogP contribution in [-0.4, -0.2) is 81.8 Å². The van der Waals surface area contributed by atoms with Crippen LogP contribution >= 0.6 is 11.6 Å². The third-order valence-electron chi connectivity index (χ3n) is 3.97. The lowest BCUT2D eigenvalue weighted by Crippen LogP contribution is -2.51. The molecule has 0 atom stereocenters. The van der Waals surface area contributed by atoms with Crippen LogP contribution in [0.2, 0.25) is 5.02 Å². The fourth-order valence-corrected chi connectivity index (χ4v) is 2.65. The van der Waals surface area contributed by atoms with E-state index in [4.69, 9.17) is 21.1 Å². The van der Waals surface area contributed by atoms with E-state index in [1.54, 1.807) is 7.11 Å². The first-order valence-corrected chi connectivity index (χ1v) is 8.65. The van der Waals surface area contributed by atoms with Crippen molar-refractivity contribution in [1.29, 1.82) is 0 Å². The van der Waals surface area contributed by atoms with Gasteiger partial charge in [0.05, 0.1) is 13.2 Å². The van der Waals surface area contributed by atoms with Gasteiger partial charge in [-0.2, -0.15) is 0 Å². The van der Waals surface area contributed by atoms with Gasteiger partial charge in [0.2, 0.25) is 5.91 Å². The molecule has 1 amide bonds. The van der Waals surface area contributed by atoms with Crippen LogP contribution < -0.4 is 10.1 Å². The summed E-state index contributed by atoms with van der Waals surface area (Å²) in [6.07, 6.45) is 0. The molecule has 0 bridgehead atoms. The minimum atomic E-state index is 0.156. The van der Waals surface area contributed by atoms with E-state index in [0.29, 0.717) is 31.3 Å². The second-order valence-electron chi connectivity index (χ2n) is 5.69. The molecule has 6 nitrogen and oxygen atoms in total. The Labute approximate surface area is 148 Å². The molecule has 0 saturated carbocycles. The Morgan fingerprint density at radius 2 is 1.88 bits per heavy atom. The molecule has 1 fully saturated rings. The topological polar surface area (TPSA) is 54.0 Å². The van der Waals surface area contributed by atoms with Crippen molar-refractivity contribution in [2.75, 3.05) is 66.1 Å². The van der Waals surface area contributed by atoms with Crippen LogP contribution in [0.15, 0.2) is 24.3 Å². The Hall–Kier alpha value is -1.34. The van der Waals surface area contributed by atoms with Crippen molar-refractivity contribution in [2.24, 2.45) is 0 Å². The van der Waals surface area contributed by atoms with Gasteiger partial charge < -0.3 is 19.7 Å². The molecule has 1 aliphatic heterocycles. The van der Waals surface area contributed by atoms with E-state index >= 15 is 0 Å². The van der Waals surface area contributed by atoms with Gasteiger partial charge >= 0.3 is 0 Å². The zero-order valence-corrected chi connectivity index (χ0v) is 14.9. The lowest BCUT2D eigenvalue weighted by molar-refractivity contribution is -0.132. The highest BCUT2D eigenvalue weighted by Crippen LogP contribution is 2.15. The number of ether oxygens (including phenoxy) is 2. The lowest BCUT2D eigenvalue weighted by Gasteiger charge is -2.34. The standard InChI is InChI=1S/C17H26ClN3O3/c1-23-12-6-19-14-17(22)21-9-7-20(8-10-21)11-13-24-16-4-2-15(18)3-5-16/h2-5,19H,6-14H2,1H3. The maximum atomic E-state index is 12.1. The summed E-state index contributed by atoms with van der Waals surface area (Å²) < 4.78 is 10.7. The maximum absolute atomic E-state index is 12.1. The van der Waals surface area contributed by atoms with Crippen LogP contribution in [0, 0.1) is 0 Å². The van der Waals surface area contributed by atoms with E-state index in [2.05, 4.69) is 10.2 Å². The van der Waals surface area contributed by atoms with Crippen molar-refractivity contribution < 1.29 is 14.3 Å². The Balaban J connectivity index is 1.58. The van der Waals surface area contributed by atoms with Gasteiger partial charge in [-0.3, -0.25) is 9.69 Å². The summed E-state index contributed by atoms with van der Waals surface area (Å²) in [4.78, 5) is 16.3. The molecule has 0 spiro atoms. The molecule has 1 N–H and O–H groups in total.